The first-order valence-corrected chi connectivity index (χ1v) is 11.3. The third-order valence-corrected chi connectivity index (χ3v) is 6.02. The van der Waals surface area contributed by atoms with Gasteiger partial charge in [0.25, 0.3) is 0 Å². The summed E-state index contributed by atoms with van der Waals surface area (Å²) in [6, 6.07) is 15.1. The molecule has 35 heavy (non-hydrogen) atoms. The summed E-state index contributed by atoms with van der Waals surface area (Å²) in [6.07, 6.45) is 0.667. The predicted octanol–water partition coefficient (Wildman–Crippen LogP) is 4.01. The van der Waals surface area contributed by atoms with Crippen LogP contribution in [0.25, 0.3) is 11.1 Å². The number of rotatable bonds is 6. The molecule has 3 aromatic rings. The summed E-state index contributed by atoms with van der Waals surface area (Å²) in [7, 11) is 1.55. The molecule has 182 valence electrons. The average Bonchev–Trinajstić information content (AvgIpc) is 3.32. The molecule has 1 aliphatic carbocycles. The summed E-state index contributed by atoms with van der Waals surface area (Å²) < 4.78 is 6.89. The highest BCUT2D eigenvalue weighted by atomic mass is 16.5. The number of nitrogens with one attached hydrogen (secondary N) is 2. The zero-order chi connectivity index (χ0) is 25.3. The molecule has 0 fully saturated rings. The number of carboxylic acid groups (broad SMARTS) is 1. The Morgan fingerprint density at radius 3 is 2.17 bits per heavy atom. The molecule has 0 unspecified atom stereocenters. The van der Waals surface area contributed by atoms with Crippen LogP contribution in [0.3, 0.4) is 0 Å². The van der Waals surface area contributed by atoms with Crippen LogP contribution in [0.1, 0.15) is 48.3 Å². The number of benzene rings is 2. The van der Waals surface area contributed by atoms with Crippen LogP contribution < -0.4 is 10.6 Å². The van der Waals surface area contributed by atoms with Crippen molar-refractivity contribution in [1.29, 1.82) is 0 Å². The Morgan fingerprint density at radius 1 is 1.06 bits per heavy atom. The van der Waals surface area contributed by atoms with Gasteiger partial charge in [-0.25, -0.2) is 9.59 Å². The number of carbonyl (C=O) groups is 3. The lowest BCUT2D eigenvalue weighted by Gasteiger charge is -2.30. The Hall–Kier alpha value is -4.14. The summed E-state index contributed by atoms with van der Waals surface area (Å²) in [5, 5.41) is 18.4. The first-order valence-electron chi connectivity index (χ1n) is 11.3. The van der Waals surface area contributed by atoms with Crippen LogP contribution >= 0.6 is 0 Å². The quantitative estimate of drug-likeness (QED) is 0.494. The van der Waals surface area contributed by atoms with Crippen LogP contribution in [0, 0.1) is 5.41 Å². The number of nitrogens with zero attached hydrogens (tertiary/aromatic N) is 2. The van der Waals surface area contributed by atoms with E-state index in [0.29, 0.717) is 0 Å². The number of ether oxygens (including phenoxy) is 1. The molecule has 2 aromatic carbocycles. The van der Waals surface area contributed by atoms with Crippen LogP contribution in [0.2, 0.25) is 0 Å². The molecule has 0 saturated heterocycles. The number of amides is 2. The topological polar surface area (TPSA) is 123 Å². The SMILES string of the molecule is Cn1cc(NC(=O)[C@H](NC(=O)OCC2c3ccccc3-c3ccccc32)C(C)(C)C)c(C(=O)O)n1. The normalized spacial score (nSPS) is 13.5. The number of fused-ring (bicyclic) bond motifs is 3. The van der Waals surface area contributed by atoms with Crippen molar-refractivity contribution in [2.45, 2.75) is 32.7 Å². The number of hydrogen-bond donors (Lipinski definition) is 3. The minimum Gasteiger partial charge on any atom is -0.476 e. The summed E-state index contributed by atoms with van der Waals surface area (Å²) >= 11 is 0. The highest BCUT2D eigenvalue weighted by Gasteiger charge is 2.35. The van der Waals surface area contributed by atoms with Crippen molar-refractivity contribution in [2.75, 3.05) is 11.9 Å². The Balaban J connectivity index is 1.47. The van der Waals surface area contributed by atoms with Gasteiger partial charge in [0.15, 0.2) is 5.69 Å². The van der Waals surface area contributed by atoms with Gasteiger partial charge >= 0.3 is 12.1 Å². The number of aryl methyl sites for hydroxylation is 1. The standard InChI is InChI=1S/C26H28N4O5/c1-26(2,3)22(23(31)27-20-13-30(4)29-21(20)24(32)33)28-25(34)35-14-19-17-11-7-5-9-15(17)16-10-6-8-12-18(16)19/h5-13,19,22H,14H2,1-4H3,(H,27,31)(H,28,34)(H,32,33)/t22-/m0/s1. The molecule has 9 heteroatoms. The number of carboxylic acids is 1. The van der Waals surface area contributed by atoms with Crippen LogP contribution in [0.4, 0.5) is 10.5 Å². The lowest BCUT2D eigenvalue weighted by atomic mass is 9.86. The van der Waals surface area contributed by atoms with Gasteiger partial charge in [-0.05, 0) is 27.7 Å². The summed E-state index contributed by atoms with van der Waals surface area (Å²) in [5.41, 5.74) is 3.50. The molecule has 1 heterocycles. The summed E-state index contributed by atoms with van der Waals surface area (Å²) in [6.45, 7) is 5.50. The minimum atomic E-state index is -1.27. The fourth-order valence-corrected chi connectivity index (χ4v) is 4.38. The van der Waals surface area contributed by atoms with Crippen LogP contribution in [0.5, 0.6) is 0 Å². The lowest BCUT2D eigenvalue weighted by Crippen LogP contribution is -2.51. The van der Waals surface area contributed by atoms with Gasteiger partial charge < -0.3 is 20.5 Å². The second-order valence-electron chi connectivity index (χ2n) is 9.63. The van der Waals surface area contributed by atoms with Gasteiger partial charge in [0.1, 0.15) is 12.6 Å². The molecule has 0 radical (unpaired) electrons. The maximum Gasteiger partial charge on any atom is 0.407 e. The van der Waals surface area contributed by atoms with E-state index in [2.05, 4.69) is 27.9 Å². The molecule has 0 bridgehead atoms. The molecule has 1 aliphatic rings. The molecule has 9 nitrogen and oxygen atoms in total. The third kappa shape index (κ3) is 4.89. The minimum absolute atomic E-state index is 0.0496. The number of carbonyl (C=O) groups excluding carboxylic acids is 2. The Kier molecular flexibility index (Phi) is 6.34. The second kappa shape index (κ2) is 9.25. The molecular weight excluding hydrogens is 448 g/mol. The molecule has 2 amide bonds. The average molecular weight is 477 g/mol. The maximum absolute atomic E-state index is 13.1. The van der Waals surface area contributed by atoms with E-state index in [9.17, 15) is 19.5 Å². The monoisotopic (exact) mass is 476 g/mol. The highest BCUT2D eigenvalue weighted by Crippen LogP contribution is 2.44. The third-order valence-electron chi connectivity index (χ3n) is 6.02. The molecule has 0 saturated carbocycles. The Bertz CT molecular complexity index is 1250. The van der Waals surface area contributed by atoms with Gasteiger partial charge in [0.05, 0.1) is 5.69 Å². The van der Waals surface area contributed by atoms with Crippen molar-refractivity contribution >= 4 is 23.7 Å². The Morgan fingerprint density at radius 2 is 1.63 bits per heavy atom. The molecule has 4 rings (SSSR count). The fraction of sp³-hybridized carbons (Fsp3) is 0.308. The number of alkyl carbamates (subject to hydrolysis) is 1. The fourth-order valence-electron chi connectivity index (χ4n) is 4.38. The zero-order valence-corrected chi connectivity index (χ0v) is 20.0. The number of aromatic carboxylic acids is 1. The van der Waals surface area contributed by atoms with E-state index >= 15 is 0 Å². The van der Waals surface area contributed by atoms with Crippen molar-refractivity contribution in [1.82, 2.24) is 15.1 Å². The van der Waals surface area contributed by atoms with Gasteiger partial charge in [-0.3, -0.25) is 9.48 Å². The predicted molar refractivity (Wildman–Crippen MR) is 130 cm³/mol. The molecular formula is C26H28N4O5. The van der Waals surface area contributed by atoms with Crippen LogP contribution in [-0.4, -0.2) is 45.5 Å². The highest BCUT2D eigenvalue weighted by molar-refractivity contribution is 6.02. The largest absolute Gasteiger partial charge is 0.476 e. The first-order chi connectivity index (χ1) is 16.6. The van der Waals surface area contributed by atoms with E-state index in [0.717, 1.165) is 22.3 Å². The van der Waals surface area contributed by atoms with Crippen molar-refractivity contribution in [3.05, 3.63) is 71.5 Å². The summed E-state index contributed by atoms with van der Waals surface area (Å²) in [5.74, 6) is -1.94. The number of hydrogen-bond acceptors (Lipinski definition) is 5. The van der Waals surface area contributed by atoms with Crippen molar-refractivity contribution in [2.24, 2.45) is 12.5 Å². The van der Waals surface area contributed by atoms with Gasteiger partial charge in [0, 0.05) is 19.2 Å². The van der Waals surface area contributed by atoms with Gasteiger partial charge in [-0.2, -0.15) is 5.10 Å². The van der Waals surface area contributed by atoms with E-state index < -0.39 is 29.4 Å². The van der Waals surface area contributed by atoms with Crippen LogP contribution in [-0.2, 0) is 16.6 Å². The molecule has 1 aromatic heterocycles. The van der Waals surface area contributed by atoms with Crippen molar-refractivity contribution in [3.8, 4) is 11.1 Å². The zero-order valence-electron chi connectivity index (χ0n) is 20.0. The van der Waals surface area contributed by atoms with E-state index in [1.54, 1.807) is 27.8 Å². The number of anilines is 1. The molecule has 0 aliphatic heterocycles. The van der Waals surface area contributed by atoms with E-state index in [-0.39, 0.29) is 23.9 Å². The van der Waals surface area contributed by atoms with Crippen molar-refractivity contribution < 1.29 is 24.2 Å². The molecule has 0 spiro atoms. The van der Waals surface area contributed by atoms with E-state index in [1.165, 1.54) is 10.9 Å². The van der Waals surface area contributed by atoms with Gasteiger partial charge in [0.2, 0.25) is 5.91 Å². The smallest absolute Gasteiger partial charge is 0.407 e. The van der Waals surface area contributed by atoms with E-state index in [1.807, 2.05) is 36.4 Å². The first kappa shape index (κ1) is 24.0. The number of aromatic nitrogens is 2. The van der Waals surface area contributed by atoms with Crippen molar-refractivity contribution in [3.63, 3.8) is 0 Å². The summed E-state index contributed by atoms with van der Waals surface area (Å²) in [4.78, 5) is 37.3. The maximum atomic E-state index is 13.1. The van der Waals surface area contributed by atoms with E-state index in [4.69, 9.17) is 4.74 Å². The van der Waals surface area contributed by atoms with Gasteiger partial charge in [-0.1, -0.05) is 69.3 Å². The molecule has 3 N–H and O–H groups in total. The molecule has 1 atom stereocenters. The lowest BCUT2D eigenvalue weighted by molar-refractivity contribution is -0.120. The second-order valence-corrected chi connectivity index (χ2v) is 9.63. The Labute approximate surface area is 203 Å². The van der Waals surface area contributed by atoms with Gasteiger partial charge in [-0.15, -0.1) is 0 Å². The van der Waals surface area contributed by atoms with Crippen LogP contribution in [0.15, 0.2) is 54.7 Å².